The highest BCUT2D eigenvalue weighted by Crippen LogP contribution is 2.13. The second-order valence-electron chi connectivity index (χ2n) is 3.05. The van der Waals surface area contributed by atoms with E-state index in [0.717, 1.165) is 0 Å². The molecule has 0 saturated carbocycles. The van der Waals surface area contributed by atoms with Crippen molar-refractivity contribution in [3.05, 3.63) is 5.82 Å². The van der Waals surface area contributed by atoms with Crippen molar-refractivity contribution in [3.63, 3.8) is 0 Å². The summed E-state index contributed by atoms with van der Waals surface area (Å²) in [6, 6.07) is -0.903. The Bertz CT molecular complexity index is 443. The first-order valence-electron chi connectivity index (χ1n) is 4.26. The van der Waals surface area contributed by atoms with E-state index in [1.165, 1.54) is 11.6 Å². The lowest BCUT2D eigenvalue weighted by Gasteiger charge is -2.12. The van der Waals surface area contributed by atoms with Crippen LogP contribution in [0.25, 0.3) is 0 Å². The standard InChI is InChI=1S/C5H9F3N6O2S/c1-3(4-10-13-14-11-4)12-17(15,16)9-2-5(6,7)8/h3,9,12H,2H2,1H3,(H,10,11,13,14). The van der Waals surface area contributed by atoms with Crippen LogP contribution in [0, 0.1) is 0 Å². The molecule has 0 aromatic carbocycles. The highest BCUT2D eigenvalue weighted by molar-refractivity contribution is 7.87. The van der Waals surface area contributed by atoms with Gasteiger partial charge in [0.05, 0.1) is 6.04 Å². The maximum atomic E-state index is 11.8. The predicted octanol–water partition coefficient (Wildman–Crippen LogP) is -0.753. The van der Waals surface area contributed by atoms with Crippen LogP contribution in [0.1, 0.15) is 18.8 Å². The summed E-state index contributed by atoms with van der Waals surface area (Å²) in [6.07, 6.45) is -4.62. The third kappa shape index (κ3) is 5.06. The Hall–Kier alpha value is -1.27. The normalized spacial score (nSPS) is 14.8. The molecule has 0 bridgehead atoms. The van der Waals surface area contributed by atoms with Gasteiger partial charge in [-0.15, -0.1) is 10.2 Å². The molecule has 0 saturated heterocycles. The quantitative estimate of drug-likeness (QED) is 0.653. The van der Waals surface area contributed by atoms with Gasteiger partial charge in [-0.1, -0.05) is 5.21 Å². The molecule has 3 N–H and O–H groups in total. The van der Waals surface area contributed by atoms with Crippen LogP contribution in [-0.4, -0.2) is 41.8 Å². The molecule has 12 heteroatoms. The van der Waals surface area contributed by atoms with Gasteiger partial charge in [0.1, 0.15) is 6.54 Å². The Morgan fingerprint density at radius 3 is 2.59 bits per heavy atom. The van der Waals surface area contributed by atoms with Gasteiger partial charge in [-0.3, -0.25) is 0 Å². The van der Waals surface area contributed by atoms with Crippen LogP contribution in [0.4, 0.5) is 13.2 Å². The SMILES string of the molecule is CC(NS(=O)(=O)NCC(F)(F)F)c1nn[nH]n1. The molecule has 17 heavy (non-hydrogen) atoms. The number of nitrogens with one attached hydrogen (secondary N) is 3. The Morgan fingerprint density at radius 1 is 1.47 bits per heavy atom. The number of hydrogen-bond donors (Lipinski definition) is 3. The van der Waals surface area contributed by atoms with Crippen molar-refractivity contribution in [2.24, 2.45) is 0 Å². The van der Waals surface area contributed by atoms with Crippen molar-refractivity contribution in [2.75, 3.05) is 6.54 Å². The number of aromatic amines is 1. The molecule has 1 aromatic rings. The fourth-order valence-electron chi connectivity index (χ4n) is 0.857. The van der Waals surface area contributed by atoms with E-state index in [1.807, 2.05) is 4.72 Å². The van der Waals surface area contributed by atoms with E-state index >= 15 is 0 Å². The number of aromatic nitrogens is 4. The minimum atomic E-state index is -4.62. The lowest BCUT2D eigenvalue weighted by molar-refractivity contribution is -0.121. The molecule has 1 aromatic heterocycles. The first kappa shape index (κ1) is 13.8. The molecule has 0 radical (unpaired) electrons. The lowest BCUT2D eigenvalue weighted by Crippen LogP contribution is -2.42. The van der Waals surface area contributed by atoms with Gasteiger partial charge in [0.2, 0.25) is 0 Å². The summed E-state index contributed by atoms with van der Waals surface area (Å²) in [5.41, 5.74) is 0. The largest absolute Gasteiger partial charge is 0.402 e. The van der Waals surface area contributed by atoms with Crippen LogP contribution >= 0.6 is 0 Å². The van der Waals surface area contributed by atoms with Gasteiger partial charge < -0.3 is 0 Å². The summed E-state index contributed by atoms with van der Waals surface area (Å²) in [5, 5.41) is 12.2. The van der Waals surface area contributed by atoms with Crippen molar-refractivity contribution >= 4 is 10.2 Å². The van der Waals surface area contributed by atoms with Crippen LogP contribution in [0.2, 0.25) is 0 Å². The Labute approximate surface area is 94.2 Å². The Morgan fingerprint density at radius 2 is 2.12 bits per heavy atom. The number of hydrogen-bond acceptors (Lipinski definition) is 5. The molecular formula is C5H9F3N6O2S. The maximum absolute atomic E-state index is 11.8. The molecule has 1 atom stereocenters. The number of tetrazole rings is 1. The number of alkyl halides is 3. The fourth-order valence-corrected chi connectivity index (χ4v) is 1.86. The predicted molar refractivity (Wildman–Crippen MR) is 48.7 cm³/mol. The monoisotopic (exact) mass is 274 g/mol. The highest BCUT2D eigenvalue weighted by Gasteiger charge is 2.30. The average Bonchev–Trinajstić information content (AvgIpc) is 2.66. The topological polar surface area (TPSA) is 113 Å². The third-order valence-corrected chi connectivity index (χ3v) is 2.73. The van der Waals surface area contributed by atoms with Crippen LogP contribution < -0.4 is 9.44 Å². The summed E-state index contributed by atoms with van der Waals surface area (Å²) in [4.78, 5) is 0. The summed E-state index contributed by atoms with van der Waals surface area (Å²) in [7, 11) is -4.28. The first-order chi connectivity index (χ1) is 7.70. The van der Waals surface area contributed by atoms with Crippen LogP contribution in [0.15, 0.2) is 0 Å². The van der Waals surface area contributed by atoms with Crippen LogP contribution in [0.3, 0.4) is 0 Å². The number of halogens is 3. The summed E-state index contributed by atoms with van der Waals surface area (Å²) in [6.45, 7) is -0.293. The molecule has 0 aliphatic heterocycles. The summed E-state index contributed by atoms with van der Waals surface area (Å²) >= 11 is 0. The zero-order valence-electron chi connectivity index (χ0n) is 8.48. The molecular weight excluding hydrogens is 265 g/mol. The van der Waals surface area contributed by atoms with E-state index in [1.54, 1.807) is 0 Å². The zero-order valence-corrected chi connectivity index (χ0v) is 9.30. The van der Waals surface area contributed by atoms with Crippen LogP contribution in [-0.2, 0) is 10.2 Å². The van der Waals surface area contributed by atoms with Crippen molar-refractivity contribution in [2.45, 2.75) is 19.1 Å². The van der Waals surface area contributed by atoms with E-state index in [9.17, 15) is 21.6 Å². The minimum absolute atomic E-state index is 0.0161. The minimum Gasteiger partial charge on any atom is -0.195 e. The van der Waals surface area contributed by atoms with E-state index < -0.39 is 29.0 Å². The summed E-state index contributed by atoms with van der Waals surface area (Å²) < 4.78 is 61.0. The molecule has 1 unspecified atom stereocenters. The molecule has 8 nitrogen and oxygen atoms in total. The Balaban J connectivity index is 2.55. The molecule has 0 spiro atoms. The first-order valence-corrected chi connectivity index (χ1v) is 5.75. The highest BCUT2D eigenvalue weighted by atomic mass is 32.2. The van der Waals surface area contributed by atoms with Gasteiger partial charge in [0.25, 0.3) is 10.2 Å². The smallest absolute Gasteiger partial charge is 0.195 e. The second kappa shape index (κ2) is 4.93. The van der Waals surface area contributed by atoms with Gasteiger partial charge in [-0.05, 0) is 6.92 Å². The molecule has 0 fully saturated rings. The number of H-pyrrole nitrogens is 1. The van der Waals surface area contributed by atoms with E-state index in [0.29, 0.717) is 0 Å². The van der Waals surface area contributed by atoms with Gasteiger partial charge in [0.15, 0.2) is 5.82 Å². The number of rotatable bonds is 5. The molecule has 1 rings (SSSR count). The fraction of sp³-hybridized carbons (Fsp3) is 0.800. The molecule has 0 aliphatic rings. The Kier molecular flexibility index (Phi) is 4.00. The van der Waals surface area contributed by atoms with E-state index in [4.69, 9.17) is 0 Å². The van der Waals surface area contributed by atoms with Gasteiger partial charge in [-0.25, -0.2) is 0 Å². The van der Waals surface area contributed by atoms with Gasteiger partial charge >= 0.3 is 6.18 Å². The van der Waals surface area contributed by atoms with Crippen molar-refractivity contribution < 1.29 is 21.6 Å². The summed E-state index contributed by atoms with van der Waals surface area (Å²) in [5.74, 6) is 0.0161. The average molecular weight is 274 g/mol. The zero-order chi connectivity index (χ0) is 13.1. The molecule has 0 amide bonds. The van der Waals surface area contributed by atoms with Crippen molar-refractivity contribution in [3.8, 4) is 0 Å². The van der Waals surface area contributed by atoms with E-state index in [-0.39, 0.29) is 5.82 Å². The van der Waals surface area contributed by atoms with Crippen molar-refractivity contribution in [1.82, 2.24) is 30.1 Å². The second-order valence-corrected chi connectivity index (χ2v) is 4.58. The van der Waals surface area contributed by atoms with Gasteiger partial charge in [0, 0.05) is 0 Å². The number of nitrogens with zero attached hydrogens (tertiary/aromatic N) is 3. The molecule has 1 heterocycles. The maximum Gasteiger partial charge on any atom is 0.402 e. The van der Waals surface area contributed by atoms with Crippen molar-refractivity contribution in [1.29, 1.82) is 0 Å². The van der Waals surface area contributed by atoms with Crippen LogP contribution in [0.5, 0.6) is 0 Å². The van der Waals surface area contributed by atoms with E-state index in [2.05, 4.69) is 20.6 Å². The third-order valence-electron chi connectivity index (χ3n) is 1.54. The molecule has 0 aliphatic carbocycles. The van der Waals surface area contributed by atoms with Gasteiger partial charge in [-0.2, -0.15) is 36.2 Å². The lowest BCUT2D eigenvalue weighted by atomic mass is 10.4. The molecule has 98 valence electrons.